The zero-order valence-corrected chi connectivity index (χ0v) is 14.5. The molecule has 0 bridgehead atoms. The molecule has 1 heterocycles. The number of hydrogen-bond donors (Lipinski definition) is 0. The molecule has 21 heavy (non-hydrogen) atoms. The molecule has 0 amide bonds. The Labute approximate surface area is 136 Å². The highest BCUT2D eigenvalue weighted by Crippen LogP contribution is 2.28. The third-order valence-corrected chi connectivity index (χ3v) is 6.71. The second-order valence-electron chi connectivity index (χ2n) is 5.45. The van der Waals surface area contributed by atoms with Gasteiger partial charge in [0.1, 0.15) is 4.90 Å². The second kappa shape index (κ2) is 6.84. The monoisotopic (exact) mass is 350 g/mol. The fourth-order valence-electron chi connectivity index (χ4n) is 2.54. The summed E-state index contributed by atoms with van der Waals surface area (Å²) in [7, 11) is 0.0860. The Kier molecular flexibility index (Phi) is 5.54. The summed E-state index contributed by atoms with van der Waals surface area (Å²) in [6, 6.07) is 4.91. The number of piperidine rings is 1. The maximum Gasteiger partial charge on any atom is 0.244 e. The first kappa shape index (κ1) is 17.0. The SMILES string of the molecule is CN1CCC(N(C)S(=O)(=O)c2cc(CCl)ccc2Cl)CC1. The predicted molar refractivity (Wildman–Crippen MR) is 86.5 cm³/mol. The van der Waals surface area contributed by atoms with Crippen molar-refractivity contribution < 1.29 is 8.42 Å². The number of rotatable bonds is 4. The lowest BCUT2D eigenvalue weighted by Gasteiger charge is -2.34. The molecule has 1 aromatic carbocycles. The number of alkyl halides is 1. The van der Waals surface area contributed by atoms with E-state index in [4.69, 9.17) is 23.2 Å². The van der Waals surface area contributed by atoms with Gasteiger partial charge in [0.05, 0.1) is 5.02 Å². The fourth-order valence-corrected chi connectivity index (χ4v) is 4.64. The molecule has 7 heteroatoms. The van der Waals surface area contributed by atoms with Gasteiger partial charge in [0, 0.05) is 19.0 Å². The van der Waals surface area contributed by atoms with Crippen LogP contribution in [0.4, 0.5) is 0 Å². The van der Waals surface area contributed by atoms with E-state index in [9.17, 15) is 8.42 Å². The number of halogens is 2. The molecule has 1 fully saturated rings. The summed E-state index contributed by atoms with van der Waals surface area (Å²) in [5.74, 6) is 0.262. The van der Waals surface area contributed by atoms with Crippen molar-refractivity contribution in [1.82, 2.24) is 9.21 Å². The van der Waals surface area contributed by atoms with Crippen molar-refractivity contribution in [1.29, 1.82) is 0 Å². The van der Waals surface area contributed by atoms with Gasteiger partial charge in [0.25, 0.3) is 0 Å². The van der Waals surface area contributed by atoms with Gasteiger partial charge in [-0.1, -0.05) is 17.7 Å². The molecule has 1 aromatic rings. The summed E-state index contributed by atoms with van der Waals surface area (Å²) in [4.78, 5) is 2.35. The van der Waals surface area contributed by atoms with Crippen molar-refractivity contribution in [3.05, 3.63) is 28.8 Å². The van der Waals surface area contributed by atoms with Crippen LogP contribution in [0.25, 0.3) is 0 Å². The van der Waals surface area contributed by atoms with E-state index in [1.165, 1.54) is 4.31 Å². The van der Waals surface area contributed by atoms with Gasteiger partial charge in [-0.25, -0.2) is 8.42 Å². The van der Waals surface area contributed by atoms with Crippen LogP contribution in [0.3, 0.4) is 0 Å². The van der Waals surface area contributed by atoms with E-state index < -0.39 is 10.0 Å². The van der Waals surface area contributed by atoms with Gasteiger partial charge in [0.2, 0.25) is 10.0 Å². The zero-order valence-electron chi connectivity index (χ0n) is 12.2. The summed E-state index contributed by atoms with van der Waals surface area (Å²) in [5, 5.41) is 0.239. The maximum absolute atomic E-state index is 12.8. The van der Waals surface area contributed by atoms with Crippen LogP contribution in [0.5, 0.6) is 0 Å². The minimum Gasteiger partial charge on any atom is -0.306 e. The molecule has 1 aliphatic heterocycles. The topological polar surface area (TPSA) is 40.6 Å². The van der Waals surface area contributed by atoms with Crippen molar-refractivity contribution >= 4 is 33.2 Å². The summed E-state index contributed by atoms with van der Waals surface area (Å²) in [5.41, 5.74) is 0.747. The maximum atomic E-state index is 12.8. The molecule has 0 spiro atoms. The van der Waals surface area contributed by atoms with Crippen LogP contribution >= 0.6 is 23.2 Å². The number of hydrogen-bond acceptors (Lipinski definition) is 3. The van der Waals surface area contributed by atoms with Crippen LogP contribution in [-0.2, 0) is 15.9 Å². The normalized spacial score (nSPS) is 18.3. The van der Waals surface area contributed by atoms with Crippen molar-refractivity contribution in [2.24, 2.45) is 0 Å². The summed E-state index contributed by atoms with van der Waals surface area (Å²) >= 11 is 11.9. The van der Waals surface area contributed by atoms with Gasteiger partial charge in [-0.05, 0) is 50.7 Å². The van der Waals surface area contributed by atoms with Crippen LogP contribution < -0.4 is 0 Å². The third-order valence-electron chi connectivity index (χ3n) is 4.01. The second-order valence-corrected chi connectivity index (χ2v) is 8.09. The first-order chi connectivity index (χ1) is 9.86. The van der Waals surface area contributed by atoms with E-state index in [1.54, 1.807) is 25.2 Å². The van der Waals surface area contributed by atoms with E-state index in [-0.39, 0.29) is 21.8 Å². The molecule has 2 rings (SSSR count). The zero-order chi connectivity index (χ0) is 15.6. The highest BCUT2D eigenvalue weighted by atomic mass is 35.5. The van der Waals surface area contributed by atoms with Gasteiger partial charge in [0.15, 0.2) is 0 Å². The van der Waals surface area contributed by atoms with Crippen LogP contribution in [0.1, 0.15) is 18.4 Å². The largest absolute Gasteiger partial charge is 0.306 e. The van der Waals surface area contributed by atoms with Gasteiger partial charge >= 0.3 is 0 Å². The van der Waals surface area contributed by atoms with Gasteiger partial charge in [-0.3, -0.25) is 0 Å². The molecular formula is C14H20Cl2N2O2S. The van der Waals surface area contributed by atoms with Crippen LogP contribution in [-0.4, -0.2) is 50.8 Å². The molecule has 0 saturated carbocycles. The average Bonchev–Trinajstić information content (AvgIpc) is 2.47. The molecule has 0 N–H and O–H groups in total. The lowest BCUT2D eigenvalue weighted by molar-refractivity contribution is 0.197. The minimum absolute atomic E-state index is 0.0157. The van der Waals surface area contributed by atoms with Gasteiger partial charge < -0.3 is 4.90 Å². The van der Waals surface area contributed by atoms with Gasteiger partial charge in [-0.2, -0.15) is 4.31 Å². The first-order valence-electron chi connectivity index (χ1n) is 6.87. The number of nitrogens with zero attached hydrogens (tertiary/aromatic N) is 2. The molecule has 118 valence electrons. The molecule has 0 atom stereocenters. The Balaban J connectivity index is 2.29. The van der Waals surface area contributed by atoms with E-state index in [0.717, 1.165) is 31.5 Å². The molecule has 0 radical (unpaired) electrons. The fraction of sp³-hybridized carbons (Fsp3) is 0.571. The number of sulfonamides is 1. The van der Waals surface area contributed by atoms with E-state index >= 15 is 0 Å². The Hall–Kier alpha value is -0.330. The standard InChI is InChI=1S/C14H20Cl2N2O2S/c1-17-7-5-12(6-8-17)18(2)21(19,20)14-9-11(10-15)3-4-13(14)16/h3-4,9,12H,5-8,10H2,1-2H3. The first-order valence-corrected chi connectivity index (χ1v) is 9.22. The van der Waals surface area contributed by atoms with Crippen molar-refractivity contribution in [2.45, 2.75) is 29.7 Å². The molecule has 4 nitrogen and oxygen atoms in total. The average molecular weight is 351 g/mol. The molecule has 1 aliphatic rings. The highest BCUT2D eigenvalue weighted by molar-refractivity contribution is 7.89. The van der Waals surface area contributed by atoms with Crippen LogP contribution in [0, 0.1) is 0 Å². The van der Waals surface area contributed by atoms with Crippen molar-refractivity contribution in [2.75, 3.05) is 27.2 Å². The quantitative estimate of drug-likeness (QED) is 0.784. The molecular weight excluding hydrogens is 331 g/mol. The van der Waals surface area contributed by atoms with Crippen molar-refractivity contribution in [3.8, 4) is 0 Å². The van der Waals surface area contributed by atoms with Crippen LogP contribution in [0.2, 0.25) is 5.02 Å². The Morgan fingerprint density at radius 2 is 1.95 bits per heavy atom. The minimum atomic E-state index is -3.60. The lowest BCUT2D eigenvalue weighted by Crippen LogP contribution is -2.44. The van der Waals surface area contributed by atoms with Crippen LogP contribution in [0.15, 0.2) is 23.1 Å². The molecule has 1 saturated heterocycles. The Morgan fingerprint density at radius 3 is 2.52 bits per heavy atom. The Bertz CT molecular complexity index is 599. The summed E-state index contributed by atoms with van der Waals surface area (Å²) in [6.45, 7) is 1.81. The molecule has 0 unspecified atom stereocenters. The summed E-state index contributed by atoms with van der Waals surface area (Å²) < 4.78 is 27.0. The van der Waals surface area contributed by atoms with E-state index in [0.29, 0.717) is 0 Å². The van der Waals surface area contributed by atoms with Gasteiger partial charge in [-0.15, -0.1) is 11.6 Å². The van der Waals surface area contributed by atoms with Crippen molar-refractivity contribution in [3.63, 3.8) is 0 Å². The predicted octanol–water partition coefficient (Wildman–Crippen LogP) is 2.79. The number of likely N-dealkylation sites (tertiary alicyclic amines) is 1. The third kappa shape index (κ3) is 3.71. The van der Waals surface area contributed by atoms with E-state index in [1.807, 2.05) is 7.05 Å². The smallest absolute Gasteiger partial charge is 0.244 e. The Morgan fingerprint density at radius 1 is 1.33 bits per heavy atom. The molecule has 0 aromatic heterocycles. The summed E-state index contributed by atoms with van der Waals surface area (Å²) in [6.07, 6.45) is 1.66. The lowest BCUT2D eigenvalue weighted by atomic mass is 10.1. The molecule has 0 aliphatic carbocycles. The highest BCUT2D eigenvalue weighted by Gasteiger charge is 2.31. The van der Waals surface area contributed by atoms with E-state index in [2.05, 4.69) is 4.90 Å². The number of benzene rings is 1.